The number of aryl methyl sites for hydroxylation is 1. The highest BCUT2D eigenvalue weighted by Crippen LogP contribution is 2.25. The topological polar surface area (TPSA) is 0 Å². The van der Waals surface area contributed by atoms with Crippen LogP contribution in [0.3, 0.4) is 0 Å². The van der Waals surface area contributed by atoms with E-state index in [1.165, 1.54) is 66.8 Å². The van der Waals surface area contributed by atoms with E-state index in [0.29, 0.717) is 0 Å². The van der Waals surface area contributed by atoms with Gasteiger partial charge in [-0.25, -0.2) is 0 Å². The Hall–Kier alpha value is 0.460. The summed E-state index contributed by atoms with van der Waals surface area (Å²) in [7, 11) is 0. The van der Waals surface area contributed by atoms with E-state index in [9.17, 15) is 0 Å². The molecule has 0 spiro atoms. The molecule has 0 aliphatic rings. The quantitative estimate of drug-likeness (QED) is 0.0593. The van der Waals surface area contributed by atoms with Crippen molar-refractivity contribution in [2.24, 2.45) is 0 Å². The Labute approximate surface area is 210 Å². The minimum Gasteiger partial charge on any atom is -0.0795 e. The van der Waals surface area contributed by atoms with Gasteiger partial charge in [-0.05, 0) is 109 Å². The highest BCUT2D eigenvalue weighted by molar-refractivity contribution is 14.1. The van der Waals surface area contributed by atoms with E-state index in [2.05, 4.69) is 123 Å². The average Bonchev–Trinajstić information content (AvgIpc) is 2.68. The summed E-state index contributed by atoms with van der Waals surface area (Å²) in [6.07, 6.45) is 13.4. The van der Waals surface area contributed by atoms with Crippen LogP contribution in [0, 0.1) is 10.7 Å². The van der Waals surface area contributed by atoms with Crippen LogP contribution in [0.4, 0.5) is 0 Å². The van der Waals surface area contributed by atoms with E-state index in [4.69, 9.17) is 12.2 Å². The van der Waals surface area contributed by atoms with Gasteiger partial charge in [0.1, 0.15) is 0 Å². The Bertz CT molecular complexity index is 779. The SMILES string of the molecule is CCCCCCCCc1ccc(C(=S)C=Cc2ccc(I)c(I)c2I)cc1. The normalized spacial score (nSPS) is 11.3. The smallest absolute Gasteiger partial charge is 0.0449 e. The standard InChI is InChI=1S/C23H25I3S/c1-2-3-4-5-6-7-8-17-9-11-18(12-10-17)21(27)16-14-19-13-15-20(24)23(26)22(19)25/h9-16H,2-8H2,1H3. The molecule has 0 heterocycles. The van der Waals surface area contributed by atoms with Crippen molar-refractivity contribution in [1.82, 2.24) is 0 Å². The van der Waals surface area contributed by atoms with Gasteiger partial charge in [0.2, 0.25) is 0 Å². The van der Waals surface area contributed by atoms with Crippen molar-refractivity contribution >= 4 is 90.9 Å². The van der Waals surface area contributed by atoms with E-state index >= 15 is 0 Å². The summed E-state index contributed by atoms with van der Waals surface area (Å²) in [6, 6.07) is 13.1. The zero-order chi connectivity index (χ0) is 19.6. The van der Waals surface area contributed by atoms with Crippen molar-refractivity contribution in [2.75, 3.05) is 0 Å². The lowest BCUT2D eigenvalue weighted by molar-refractivity contribution is 0.607. The van der Waals surface area contributed by atoms with Crippen LogP contribution in [0.1, 0.15) is 62.1 Å². The molecule has 0 amide bonds. The first kappa shape index (κ1) is 23.7. The maximum Gasteiger partial charge on any atom is 0.0449 e. The molecule has 0 N–H and O–H groups in total. The van der Waals surface area contributed by atoms with Crippen LogP contribution in [0.15, 0.2) is 42.5 Å². The Balaban J connectivity index is 1.89. The fourth-order valence-corrected chi connectivity index (χ4v) is 5.19. The van der Waals surface area contributed by atoms with Crippen molar-refractivity contribution < 1.29 is 0 Å². The molecule has 0 aromatic heterocycles. The van der Waals surface area contributed by atoms with Crippen LogP contribution >= 0.6 is 80.0 Å². The summed E-state index contributed by atoms with van der Waals surface area (Å²) >= 11 is 12.8. The lowest BCUT2D eigenvalue weighted by Crippen LogP contribution is -1.95. The van der Waals surface area contributed by atoms with Gasteiger partial charge >= 0.3 is 0 Å². The highest BCUT2D eigenvalue weighted by atomic mass is 127. The molecule has 0 saturated carbocycles. The molecule has 2 aromatic carbocycles. The molecule has 0 atom stereocenters. The fourth-order valence-electron chi connectivity index (χ4n) is 2.88. The molecule has 0 saturated heterocycles. The number of hydrogen-bond donors (Lipinski definition) is 0. The molecule has 0 radical (unpaired) electrons. The number of benzene rings is 2. The lowest BCUT2D eigenvalue weighted by atomic mass is 10.0. The molecule has 0 aliphatic heterocycles. The van der Waals surface area contributed by atoms with Gasteiger partial charge in [-0.3, -0.25) is 0 Å². The summed E-state index contributed by atoms with van der Waals surface area (Å²) in [6.45, 7) is 2.27. The van der Waals surface area contributed by atoms with Crippen molar-refractivity contribution in [2.45, 2.75) is 51.9 Å². The average molecular weight is 714 g/mol. The molecule has 144 valence electrons. The summed E-state index contributed by atoms with van der Waals surface area (Å²) in [5.74, 6) is 0. The summed E-state index contributed by atoms with van der Waals surface area (Å²) in [4.78, 5) is 0.894. The maximum absolute atomic E-state index is 5.62. The number of hydrogen-bond acceptors (Lipinski definition) is 1. The van der Waals surface area contributed by atoms with Gasteiger partial charge in [0.15, 0.2) is 0 Å². The Morgan fingerprint density at radius 2 is 1.52 bits per heavy atom. The van der Waals surface area contributed by atoms with Crippen molar-refractivity contribution in [1.29, 1.82) is 0 Å². The van der Waals surface area contributed by atoms with Gasteiger partial charge in [0.05, 0.1) is 0 Å². The predicted octanol–water partition coefficient (Wildman–Crippen LogP) is 8.83. The molecule has 0 unspecified atom stereocenters. The van der Waals surface area contributed by atoms with Crippen molar-refractivity contribution in [3.05, 3.63) is 69.9 Å². The first-order valence-corrected chi connectivity index (χ1v) is 13.1. The number of halogens is 3. The van der Waals surface area contributed by atoms with Crippen LogP contribution in [0.5, 0.6) is 0 Å². The van der Waals surface area contributed by atoms with Crippen molar-refractivity contribution in [3.63, 3.8) is 0 Å². The third-order valence-electron chi connectivity index (χ3n) is 4.54. The zero-order valence-corrected chi connectivity index (χ0v) is 22.9. The molecule has 27 heavy (non-hydrogen) atoms. The first-order chi connectivity index (χ1) is 13.0. The summed E-state index contributed by atoms with van der Waals surface area (Å²) < 4.78 is 3.88. The second kappa shape index (κ2) is 12.9. The summed E-state index contributed by atoms with van der Waals surface area (Å²) in [5, 5.41) is 0. The number of thiocarbonyl (C=S) groups is 1. The molecule has 0 aliphatic carbocycles. The number of allylic oxidation sites excluding steroid dienone is 1. The Kier molecular flexibility index (Phi) is 11.3. The van der Waals surface area contributed by atoms with E-state index in [1.54, 1.807) is 0 Å². The summed E-state index contributed by atoms with van der Waals surface area (Å²) in [5.41, 5.74) is 3.77. The fraction of sp³-hybridized carbons (Fsp3) is 0.348. The van der Waals surface area contributed by atoms with E-state index in [1.807, 2.05) is 0 Å². The highest BCUT2D eigenvalue weighted by Gasteiger charge is 2.05. The van der Waals surface area contributed by atoms with Crippen LogP contribution < -0.4 is 0 Å². The zero-order valence-electron chi connectivity index (χ0n) is 15.6. The molecule has 0 fully saturated rings. The third-order valence-corrected chi connectivity index (χ3v) is 10.2. The molecular formula is C23H25I3S. The molecule has 2 rings (SSSR count). The minimum atomic E-state index is 0.894. The molecule has 4 heteroatoms. The van der Waals surface area contributed by atoms with Gasteiger partial charge in [0.25, 0.3) is 0 Å². The maximum atomic E-state index is 5.62. The van der Waals surface area contributed by atoms with Gasteiger partial charge in [-0.2, -0.15) is 0 Å². The number of unbranched alkanes of at least 4 members (excludes halogenated alkanes) is 5. The van der Waals surface area contributed by atoms with Crippen LogP contribution in [-0.4, -0.2) is 4.86 Å². The van der Waals surface area contributed by atoms with E-state index in [-0.39, 0.29) is 0 Å². The molecule has 0 bridgehead atoms. The van der Waals surface area contributed by atoms with Gasteiger partial charge in [-0.1, -0.05) is 87.7 Å². The molecule has 0 nitrogen and oxygen atoms in total. The van der Waals surface area contributed by atoms with E-state index in [0.717, 1.165) is 10.4 Å². The second-order valence-corrected chi connectivity index (χ2v) is 10.4. The molecule has 2 aromatic rings. The van der Waals surface area contributed by atoms with Crippen molar-refractivity contribution in [3.8, 4) is 0 Å². The second-order valence-electron chi connectivity index (χ2n) is 6.68. The lowest BCUT2D eigenvalue weighted by Gasteiger charge is -2.05. The third kappa shape index (κ3) is 8.01. The van der Waals surface area contributed by atoms with E-state index < -0.39 is 0 Å². The van der Waals surface area contributed by atoms with Gasteiger partial charge in [-0.15, -0.1) is 0 Å². The monoisotopic (exact) mass is 714 g/mol. The van der Waals surface area contributed by atoms with Crippen LogP contribution in [0.2, 0.25) is 0 Å². The van der Waals surface area contributed by atoms with Crippen LogP contribution in [0.25, 0.3) is 6.08 Å². The van der Waals surface area contributed by atoms with Crippen LogP contribution in [-0.2, 0) is 6.42 Å². The first-order valence-electron chi connectivity index (χ1n) is 9.47. The largest absolute Gasteiger partial charge is 0.0795 e. The van der Waals surface area contributed by atoms with Gasteiger partial charge in [0, 0.05) is 15.6 Å². The Morgan fingerprint density at radius 3 is 2.22 bits per heavy atom. The number of rotatable bonds is 10. The molecular weight excluding hydrogens is 689 g/mol. The predicted molar refractivity (Wildman–Crippen MR) is 149 cm³/mol. The Morgan fingerprint density at radius 1 is 0.852 bits per heavy atom. The minimum absolute atomic E-state index is 0.894. The van der Waals surface area contributed by atoms with Gasteiger partial charge < -0.3 is 0 Å².